The molecule has 4 aromatic rings. The number of nitrogens with zero attached hydrogens (tertiary/aromatic N) is 7. The van der Waals surface area contributed by atoms with E-state index in [1.54, 1.807) is 10.9 Å². The predicted molar refractivity (Wildman–Crippen MR) is 89.8 cm³/mol. The molecule has 1 aromatic carbocycles. The number of anilines is 1. The van der Waals surface area contributed by atoms with Gasteiger partial charge in [-0.25, -0.2) is 9.97 Å². The maximum atomic E-state index is 4.33. The van der Waals surface area contributed by atoms with Crippen molar-refractivity contribution in [1.82, 2.24) is 34.7 Å². The minimum atomic E-state index is 0.130. The highest BCUT2D eigenvalue weighted by molar-refractivity contribution is 5.83. The first kappa shape index (κ1) is 14.3. The van der Waals surface area contributed by atoms with Crippen molar-refractivity contribution in [2.45, 2.75) is 19.5 Å². The Morgan fingerprint density at radius 3 is 2.79 bits per heavy atom. The lowest BCUT2D eigenvalue weighted by Crippen LogP contribution is -2.23. The topological polar surface area (TPSA) is 86.3 Å². The number of benzene rings is 1. The highest BCUT2D eigenvalue weighted by Gasteiger charge is 2.14. The molecule has 1 atom stereocenters. The molecule has 0 fully saturated rings. The fourth-order valence-corrected chi connectivity index (χ4v) is 2.57. The van der Waals surface area contributed by atoms with E-state index in [0.717, 1.165) is 12.2 Å². The van der Waals surface area contributed by atoms with Gasteiger partial charge in [0.2, 0.25) is 0 Å². The van der Waals surface area contributed by atoms with E-state index in [2.05, 4.69) is 37.6 Å². The van der Waals surface area contributed by atoms with Crippen molar-refractivity contribution in [3.05, 3.63) is 55.1 Å². The van der Waals surface area contributed by atoms with Gasteiger partial charge in [0.1, 0.15) is 6.33 Å². The van der Waals surface area contributed by atoms with E-state index in [0.29, 0.717) is 17.0 Å². The Balaban J connectivity index is 1.64. The molecule has 4 rings (SSSR count). The molecule has 0 aliphatic carbocycles. The van der Waals surface area contributed by atoms with Crippen LogP contribution in [0.5, 0.6) is 0 Å². The Morgan fingerprint density at radius 2 is 2.00 bits per heavy atom. The van der Waals surface area contributed by atoms with E-state index < -0.39 is 0 Å². The van der Waals surface area contributed by atoms with Gasteiger partial charge in [-0.15, -0.1) is 5.10 Å². The summed E-state index contributed by atoms with van der Waals surface area (Å²) in [5, 5.41) is 16.0. The van der Waals surface area contributed by atoms with Gasteiger partial charge < -0.3 is 5.32 Å². The highest BCUT2D eigenvalue weighted by Crippen LogP contribution is 2.19. The molecule has 24 heavy (non-hydrogen) atoms. The first-order valence-electron chi connectivity index (χ1n) is 7.67. The third-order valence-electron chi connectivity index (χ3n) is 3.64. The fraction of sp³-hybridized carbons (Fsp3) is 0.188. The quantitative estimate of drug-likeness (QED) is 0.604. The van der Waals surface area contributed by atoms with E-state index in [-0.39, 0.29) is 6.04 Å². The van der Waals surface area contributed by atoms with Crippen LogP contribution in [-0.4, -0.2) is 40.8 Å². The van der Waals surface area contributed by atoms with Crippen molar-refractivity contribution >= 4 is 17.0 Å². The van der Waals surface area contributed by atoms with Gasteiger partial charge in [-0.3, -0.25) is 4.68 Å². The molecule has 1 N–H and O–H groups in total. The van der Waals surface area contributed by atoms with Crippen LogP contribution in [0.3, 0.4) is 0 Å². The monoisotopic (exact) mass is 320 g/mol. The molecule has 0 saturated carbocycles. The average Bonchev–Trinajstić information content (AvgIpc) is 3.25. The zero-order valence-corrected chi connectivity index (χ0v) is 13.1. The standard InChI is InChI=1S/C16H16N8/c1-12(10-23-9-5-8-19-23)20-15-14-16(18-11-17-15)24(22-21-14)13-6-3-2-4-7-13/h2-9,11-12H,10H2,1H3,(H,17,18,20). The molecule has 0 bridgehead atoms. The normalized spacial score (nSPS) is 12.4. The molecule has 0 aliphatic heterocycles. The van der Waals surface area contributed by atoms with Crippen LogP contribution in [0.2, 0.25) is 0 Å². The zero-order chi connectivity index (χ0) is 16.4. The second-order valence-corrected chi connectivity index (χ2v) is 5.50. The van der Waals surface area contributed by atoms with E-state index in [1.165, 1.54) is 6.33 Å². The van der Waals surface area contributed by atoms with Crippen molar-refractivity contribution in [3.63, 3.8) is 0 Å². The van der Waals surface area contributed by atoms with Crippen LogP contribution in [0.4, 0.5) is 5.82 Å². The third-order valence-corrected chi connectivity index (χ3v) is 3.64. The van der Waals surface area contributed by atoms with Crippen molar-refractivity contribution in [3.8, 4) is 5.69 Å². The van der Waals surface area contributed by atoms with Gasteiger partial charge in [-0.1, -0.05) is 23.4 Å². The maximum absolute atomic E-state index is 4.33. The van der Waals surface area contributed by atoms with Crippen molar-refractivity contribution in [2.75, 3.05) is 5.32 Å². The van der Waals surface area contributed by atoms with Gasteiger partial charge in [-0.2, -0.15) is 9.78 Å². The Kier molecular flexibility index (Phi) is 3.62. The molecule has 8 heteroatoms. The van der Waals surface area contributed by atoms with Crippen molar-refractivity contribution in [1.29, 1.82) is 0 Å². The second-order valence-electron chi connectivity index (χ2n) is 5.50. The Morgan fingerprint density at radius 1 is 1.12 bits per heavy atom. The van der Waals surface area contributed by atoms with Crippen LogP contribution in [0, 0.1) is 0 Å². The predicted octanol–water partition coefficient (Wildman–Crippen LogP) is 1.91. The van der Waals surface area contributed by atoms with Gasteiger partial charge in [0.15, 0.2) is 17.0 Å². The highest BCUT2D eigenvalue weighted by atomic mass is 15.4. The van der Waals surface area contributed by atoms with E-state index in [1.807, 2.05) is 47.3 Å². The van der Waals surface area contributed by atoms with Gasteiger partial charge in [-0.05, 0) is 25.1 Å². The first-order chi connectivity index (χ1) is 11.8. The summed E-state index contributed by atoms with van der Waals surface area (Å²) in [5.41, 5.74) is 2.23. The summed E-state index contributed by atoms with van der Waals surface area (Å²) in [6.45, 7) is 2.79. The van der Waals surface area contributed by atoms with Crippen LogP contribution in [-0.2, 0) is 6.54 Å². The lowest BCUT2D eigenvalue weighted by atomic mass is 10.3. The van der Waals surface area contributed by atoms with Crippen LogP contribution in [0.25, 0.3) is 16.9 Å². The number of nitrogens with one attached hydrogen (secondary N) is 1. The lowest BCUT2D eigenvalue weighted by molar-refractivity contribution is 0.560. The molecule has 1 unspecified atom stereocenters. The molecular formula is C16H16N8. The summed E-state index contributed by atoms with van der Waals surface area (Å²) >= 11 is 0. The molecule has 0 saturated heterocycles. The largest absolute Gasteiger partial charge is 0.364 e. The zero-order valence-electron chi connectivity index (χ0n) is 13.1. The Bertz CT molecular complexity index is 929. The van der Waals surface area contributed by atoms with Gasteiger partial charge in [0.05, 0.1) is 12.2 Å². The molecule has 8 nitrogen and oxygen atoms in total. The van der Waals surface area contributed by atoms with Gasteiger partial charge in [0.25, 0.3) is 0 Å². The number of para-hydroxylation sites is 1. The minimum absolute atomic E-state index is 0.130. The molecule has 0 radical (unpaired) electrons. The molecule has 0 aliphatic rings. The van der Waals surface area contributed by atoms with Gasteiger partial charge >= 0.3 is 0 Å². The second kappa shape index (κ2) is 6.07. The summed E-state index contributed by atoms with van der Waals surface area (Å²) < 4.78 is 3.58. The van der Waals surface area contributed by atoms with Crippen LogP contribution in [0.15, 0.2) is 55.1 Å². The molecule has 3 aromatic heterocycles. The average molecular weight is 320 g/mol. The van der Waals surface area contributed by atoms with Crippen molar-refractivity contribution < 1.29 is 0 Å². The molecule has 3 heterocycles. The molecular weight excluding hydrogens is 304 g/mol. The summed E-state index contributed by atoms with van der Waals surface area (Å²) in [5.74, 6) is 0.668. The first-order valence-corrected chi connectivity index (χ1v) is 7.67. The van der Waals surface area contributed by atoms with E-state index in [4.69, 9.17) is 0 Å². The van der Waals surface area contributed by atoms with Crippen LogP contribution < -0.4 is 5.32 Å². The fourth-order valence-electron chi connectivity index (χ4n) is 2.57. The summed E-state index contributed by atoms with van der Waals surface area (Å²) in [6, 6.07) is 11.8. The summed E-state index contributed by atoms with van der Waals surface area (Å²) in [6.07, 6.45) is 5.22. The number of hydrogen-bond acceptors (Lipinski definition) is 6. The minimum Gasteiger partial charge on any atom is -0.364 e. The van der Waals surface area contributed by atoms with Crippen LogP contribution >= 0.6 is 0 Å². The summed E-state index contributed by atoms with van der Waals surface area (Å²) in [4.78, 5) is 8.65. The summed E-state index contributed by atoms with van der Waals surface area (Å²) in [7, 11) is 0. The molecule has 0 spiro atoms. The number of hydrogen-bond donors (Lipinski definition) is 1. The lowest BCUT2D eigenvalue weighted by Gasteiger charge is -2.14. The maximum Gasteiger partial charge on any atom is 0.188 e. The van der Waals surface area contributed by atoms with Crippen LogP contribution in [0.1, 0.15) is 6.92 Å². The third kappa shape index (κ3) is 2.69. The number of rotatable bonds is 5. The smallest absolute Gasteiger partial charge is 0.188 e. The molecule has 120 valence electrons. The number of aromatic nitrogens is 7. The van der Waals surface area contributed by atoms with Crippen molar-refractivity contribution in [2.24, 2.45) is 0 Å². The Hall–Kier alpha value is -3.29. The molecule has 0 amide bonds. The van der Waals surface area contributed by atoms with E-state index >= 15 is 0 Å². The van der Waals surface area contributed by atoms with E-state index in [9.17, 15) is 0 Å². The Labute approximate surface area is 138 Å². The SMILES string of the molecule is CC(Cn1cccn1)Nc1ncnc2c1nnn2-c1ccccc1. The number of fused-ring (bicyclic) bond motifs is 1. The van der Waals surface area contributed by atoms with Gasteiger partial charge in [0, 0.05) is 18.4 Å².